The molecular formula is C24H27N5O3S. The molecule has 0 saturated carbocycles. The van der Waals surface area contributed by atoms with E-state index in [1.54, 1.807) is 29.9 Å². The molecule has 8 nitrogen and oxygen atoms in total. The number of morpholine rings is 1. The minimum absolute atomic E-state index is 0.109. The van der Waals surface area contributed by atoms with Crippen LogP contribution in [-0.4, -0.2) is 58.4 Å². The van der Waals surface area contributed by atoms with E-state index < -0.39 is 0 Å². The molecule has 0 bridgehead atoms. The van der Waals surface area contributed by atoms with Crippen LogP contribution in [-0.2, 0) is 4.74 Å². The first-order valence-electron chi connectivity index (χ1n) is 11.2. The molecule has 0 radical (unpaired) electrons. The molecule has 33 heavy (non-hydrogen) atoms. The Morgan fingerprint density at radius 2 is 2.09 bits per heavy atom. The third-order valence-electron chi connectivity index (χ3n) is 5.89. The summed E-state index contributed by atoms with van der Waals surface area (Å²) in [6, 6.07) is 9.85. The second-order valence-electron chi connectivity index (χ2n) is 8.34. The summed E-state index contributed by atoms with van der Waals surface area (Å²) >= 11 is 1.71. The molecule has 1 N–H and O–H groups in total. The maximum atomic E-state index is 13.5. The Morgan fingerprint density at radius 3 is 2.79 bits per heavy atom. The Balaban J connectivity index is 1.46. The molecule has 0 aromatic carbocycles. The molecule has 1 amide bonds. The third-order valence-corrected chi connectivity index (χ3v) is 6.86. The number of amides is 1. The average molecular weight is 466 g/mol. The number of hydrogen-bond acceptors (Lipinski definition) is 7. The summed E-state index contributed by atoms with van der Waals surface area (Å²) in [4.78, 5) is 21.8. The number of carbonyl (C=O) groups is 1. The van der Waals surface area contributed by atoms with Gasteiger partial charge < -0.3 is 14.5 Å². The summed E-state index contributed by atoms with van der Waals surface area (Å²) < 4.78 is 12.9. The van der Waals surface area contributed by atoms with Gasteiger partial charge >= 0.3 is 0 Å². The molecule has 1 aliphatic rings. The fourth-order valence-corrected chi connectivity index (χ4v) is 5.06. The molecule has 172 valence electrons. The predicted octanol–water partition coefficient (Wildman–Crippen LogP) is 4.14. The van der Waals surface area contributed by atoms with Crippen molar-refractivity contribution in [1.29, 1.82) is 0 Å². The zero-order valence-corrected chi connectivity index (χ0v) is 19.5. The van der Waals surface area contributed by atoms with E-state index in [0.29, 0.717) is 42.4 Å². The minimum Gasteiger partial charge on any atom is -0.463 e. The molecule has 5 rings (SSSR count). The van der Waals surface area contributed by atoms with E-state index in [4.69, 9.17) is 14.1 Å². The number of nitrogens with one attached hydrogen (secondary N) is 1. The standard InChI is InChI=1S/C24H27N5O3S/c1-16(2)29-23-18(14-26-29)17(13-19(27-23)21-5-3-9-32-21)24(30)25-15-20(22-6-4-12-33-22)28-7-10-31-11-8-28/h3-6,9,12-14,16,20H,7-8,10-11,15H2,1-2H3,(H,25,30). The van der Waals surface area contributed by atoms with Gasteiger partial charge in [0.1, 0.15) is 5.69 Å². The van der Waals surface area contributed by atoms with Crippen LogP contribution < -0.4 is 5.32 Å². The van der Waals surface area contributed by atoms with Gasteiger partial charge in [-0.1, -0.05) is 6.07 Å². The van der Waals surface area contributed by atoms with Gasteiger partial charge in [-0.2, -0.15) is 5.10 Å². The molecule has 1 saturated heterocycles. The Labute approximate surface area is 196 Å². The Hall–Kier alpha value is -3.01. The van der Waals surface area contributed by atoms with E-state index in [2.05, 4.69) is 32.8 Å². The summed E-state index contributed by atoms with van der Waals surface area (Å²) in [5, 5.41) is 10.5. The number of nitrogens with zero attached hydrogens (tertiary/aromatic N) is 4. The number of carbonyl (C=O) groups excluding carboxylic acids is 1. The lowest BCUT2D eigenvalue weighted by Gasteiger charge is -2.34. The molecule has 9 heteroatoms. The Kier molecular flexibility index (Phi) is 6.26. The topological polar surface area (TPSA) is 85.4 Å². The second-order valence-corrected chi connectivity index (χ2v) is 9.32. The van der Waals surface area contributed by atoms with Gasteiger partial charge in [-0.25, -0.2) is 9.67 Å². The SMILES string of the molecule is CC(C)n1ncc2c(C(=O)NCC(c3cccs3)N3CCOCC3)cc(-c3ccco3)nc21. The van der Waals surface area contributed by atoms with Crippen LogP contribution in [0.1, 0.15) is 41.2 Å². The van der Waals surface area contributed by atoms with Crippen LogP contribution in [0.5, 0.6) is 0 Å². The zero-order valence-electron chi connectivity index (χ0n) is 18.7. The third kappa shape index (κ3) is 4.44. The van der Waals surface area contributed by atoms with Crippen molar-refractivity contribution in [2.45, 2.75) is 25.9 Å². The van der Waals surface area contributed by atoms with E-state index >= 15 is 0 Å². The lowest BCUT2D eigenvalue weighted by atomic mass is 10.1. The zero-order chi connectivity index (χ0) is 22.8. The van der Waals surface area contributed by atoms with Crippen LogP contribution >= 0.6 is 11.3 Å². The summed E-state index contributed by atoms with van der Waals surface area (Å²) in [7, 11) is 0. The molecule has 1 aliphatic heterocycles. The van der Waals surface area contributed by atoms with E-state index in [0.717, 1.165) is 18.5 Å². The van der Waals surface area contributed by atoms with Gasteiger partial charge in [0.2, 0.25) is 0 Å². The predicted molar refractivity (Wildman–Crippen MR) is 127 cm³/mol. The van der Waals surface area contributed by atoms with Crippen molar-refractivity contribution in [3.63, 3.8) is 0 Å². The maximum absolute atomic E-state index is 13.5. The monoisotopic (exact) mass is 465 g/mol. The van der Waals surface area contributed by atoms with Crippen LogP contribution in [0.25, 0.3) is 22.5 Å². The molecule has 5 heterocycles. The maximum Gasteiger partial charge on any atom is 0.252 e. The molecule has 1 atom stereocenters. The highest BCUT2D eigenvalue weighted by Gasteiger charge is 2.25. The quantitative estimate of drug-likeness (QED) is 0.442. The van der Waals surface area contributed by atoms with Crippen molar-refractivity contribution in [3.8, 4) is 11.5 Å². The molecule has 0 aliphatic carbocycles. The molecule has 0 spiro atoms. The van der Waals surface area contributed by atoms with Crippen molar-refractivity contribution in [3.05, 3.63) is 58.6 Å². The fourth-order valence-electron chi connectivity index (χ4n) is 4.20. The first-order chi connectivity index (χ1) is 16.1. The Bertz CT molecular complexity index is 1210. The first-order valence-corrected chi connectivity index (χ1v) is 12.1. The number of thiophene rings is 1. The number of aromatic nitrogens is 3. The molecule has 4 aromatic heterocycles. The van der Waals surface area contributed by atoms with Gasteiger partial charge in [-0.05, 0) is 43.5 Å². The molecule has 4 aromatic rings. The Morgan fingerprint density at radius 1 is 1.24 bits per heavy atom. The van der Waals surface area contributed by atoms with Crippen LogP contribution in [0.4, 0.5) is 0 Å². The number of furan rings is 1. The van der Waals surface area contributed by atoms with Crippen LogP contribution in [0.3, 0.4) is 0 Å². The highest BCUT2D eigenvalue weighted by atomic mass is 32.1. The van der Waals surface area contributed by atoms with Gasteiger partial charge in [0.25, 0.3) is 5.91 Å². The normalized spacial score (nSPS) is 15.8. The summed E-state index contributed by atoms with van der Waals surface area (Å²) in [6.07, 6.45) is 3.33. The van der Waals surface area contributed by atoms with Crippen LogP contribution in [0.2, 0.25) is 0 Å². The van der Waals surface area contributed by atoms with Gasteiger partial charge in [0, 0.05) is 30.6 Å². The lowest BCUT2D eigenvalue weighted by molar-refractivity contribution is 0.0169. The second kappa shape index (κ2) is 9.46. The van der Waals surface area contributed by atoms with E-state index in [9.17, 15) is 4.79 Å². The van der Waals surface area contributed by atoms with Crippen molar-refractivity contribution < 1.29 is 13.9 Å². The summed E-state index contributed by atoms with van der Waals surface area (Å²) in [6.45, 7) is 7.72. The van der Waals surface area contributed by atoms with Gasteiger partial charge in [-0.15, -0.1) is 11.3 Å². The smallest absolute Gasteiger partial charge is 0.252 e. The van der Waals surface area contributed by atoms with E-state index in [1.807, 2.05) is 30.7 Å². The number of hydrogen-bond donors (Lipinski definition) is 1. The number of ether oxygens (including phenoxy) is 1. The highest BCUT2D eigenvalue weighted by Crippen LogP contribution is 2.28. The highest BCUT2D eigenvalue weighted by molar-refractivity contribution is 7.10. The fraction of sp³-hybridized carbons (Fsp3) is 0.375. The van der Waals surface area contributed by atoms with Gasteiger partial charge in [-0.3, -0.25) is 9.69 Å². The van der Waals surface area contributed by atoms with Crippen molar-refractivity contribution in [1.82, 2.24) is 25.0 Å². The van der Waals surface area contributed by atoms with Crippen LogP contribution in [0, 0.1) is 0 Å². The first kappa shape index (κ1) is 21.8. The van der Waals surface area contributed by atoms with E-state index in [-0.39, 0.29) is 18.0 Å². The lowest BCUT2D eigenvalue weighted by Crippen LogP contribution is -2.43. The average Bonchev–Trinajstić information content (AvgIpc) is 3.61. The van der Waals surface area contributed by atoms with Crippen LogP contribution in [0.15, 0.2) is 52.6 Å². The molecular weight excluding hydrogens is 438 g/mol. The summed E-state index contributed by atoms with van der Waals surface area (Å²) in [5.74, 6) is 0.473. The van der Waals surface area contributed by atoms with E-state index in [1.165, 1.54) is 4.88 Å². The minimum atomic E-state index is -0.145. The van der Waals surface area contributed by atoms with Crippen molar-refractivity contribution >= 4 is 28.3 Å². The number of rotatable bonds is 7. The number of pyridine rings is 1. The van der Waals surface area contributed by atoms with Gasteiger partial charge in [0.15, 0.2) is 11.4 Å². The number of fused-ring (bicyclic) bond motifs is 1. The van der Waals surface area contributed by atoms with Gasteiger partial charge in [0.05, 0.1) is 42.7 Å². The summed E-state index contributed by atoms with van der Waals surface area (Å²) in [5.41, 5.74) is 1.83. The van der Waals surface area contributed by atoms with Crippen molar-refractivity contribution in [2.75, 3.05) is 32.8 Å². The molecule has 1 unspecified atom stereocenters. The molecule has 1 fully saturated rings. The largest absolute Gasteiger partial charge is 0.463 e. The van der Waals surface area contributed by atoms with Crippen molar-refractivity contribution in [2.24, 2.45) is 0 Å².